The monoisotopic (exact) mass is 292 g/mol. The molecular weight excluding hydrogens is 274 g/mol. The summed E-state index contributed by atoms with van der Waals surface area (Å²) in [5.74, 6) is 0.0881. The molecule has 1 aromatic rings. The zero-order valence-electron chi connectivity index (χ0n) is 10.6. The molecule has 102 valence electrons. The Labute approximate surface area is 106 Å². The summed E-state index contributed by atoms with van der Waals surface area (Å²) in [6.07, 6.45) is -0.0828. The third kappa shape index (κ3) is 4.68. The third-order valence-electron chi connectivity index (χ3n) is 2.48. The van der Waals surface area contributed by atoms with Gasteiger partial charge in [0, 0.05) is 12.8 Å². The fourth-order valence-electron chi connectivity index (χ4n) is 1.63. The lowest BCUT2D eigenvalue weighted by atomic mass is 10.0. The van der Waals surface area contributed by atoms with Crippen LogP contribution in [0.5, 0.6) is 0 Å². The highest BCUT2D eigenvalue weighted by molar-refractivity contribution is 7.60. The lowest BCUT2D eigenvalue weighted by Crippen LogP contribution is -2.08. The van der Waals surface area contributed by atoms with E-state index >= 15 is 0 Å². The molecule has 0 aliphatic heterocycles. The van der Waals surface area contributed by atoms with E-state index in [1.54, 1.807) is 6.07 Å². The molecule has 0 heterocycles. The summed E-state index contributed by atoms with van der Waals surface area (Å²) >= 11 is 0. The van der Waals surface area contributed by atoms with Crippen molar-refractivity contribution in [1.82, 2.24) is 0 Å². The summed E-state index contributed by atoms with van der Waals surface area (Å²) in [5, 5.41) is -0.0999. The second-order valence-corrected chi connectivity index (χ2v) is 8.86. The second kappa shape index (κ2) is 5.28. The molecule has 0 saturated heterocycles. The van der Waals surface area contributed by atoms with Gasteiger partial charge in [0.25, 0.3) is 0 Å². The normalized spacial score (nSPS) is 15.7. The average Bonchev–Trinajstić information content (AvgIpc) is 2.12. The van der Waals surface area contributed by atoms with Crippen LogP contribution in [-0.2, 0) is 15.3 Å². The van der Waals surface area contributed by atoms with Crippen LogP contribution in [0.25, 0.3) is 0 Å². The van der Waals surface area contributed by atoms with E-state index in [4.69, 9.17) is 0 Å². The Hall–Kier alpha value is -0.440. The highest BCUT2D eigenvalue weighted by Gasteiger charge is 2.21. The minimum Gasteiger partial charge on any atom is -0.344 e. The third-order valence-corrected chi connectivity index (χ3v) is 4.36. The van der Waals surface area contributed by atoms with Crippen LogP contribution in [0.4, 0.5) is 0 Å². The van der Waals surface area contributed by atoms with Crippen molar-refractivity contribution in [2.75, 3.05) is 6.66 Å². The molecule has 0 amide bonds. The lowest BCUT2D eigenvalue weighted by molar-refractivity contribution is 0.387. The van der Waals surface area contributed by atoms with Gasteiger partial charge >= 0.3 is 7.60 Å². The van der Waals surface area contributed by atoms with Crippen LogP contribution in [-0.4, -0.2) is 21.3 Å². The van der Waals surface area contributed by atoms with E-state index in [1.165, 1.54) is 18.8 Å². The Kier molecular flexibility index (Phi) is 4.58. The maximum atomic E-state index is 11.4. The molecule has 5 nitrogen and oxygen atoms in total. The predicted molar refractivity (Wildman–Crippen MR) is 71.7 cm³/mol. The highest BCUT2D eigenvalue weighted by atomic mass is 31.2. The summed E-state index contributed by atoms with van der Waals surface area (Å²) in [6.45, 7) is 5.02. The van der Waals surface area contributed by atoms with Gasteiger partial charge in [0.1, 0.15) is 0 Å². The Balaban J connectivity index is 3.32. The van der Waals surface area contributed by atoms with Gasteiger partial charge in [0.2, 0.25) is 7.37 Å². The average molecular weight is 292 g/mol. The number of hydrogen-bond donors (Lipinski definition) is 3. The van der Waals surface area contributed by atoms with Crippen molar-refractivity contribution in [2.24, 2.45) is 0 Å². The van der Waals surface area contributed by atoms with Gasteiger partial charge in [-0.05, 0) is 29.2 Å². The number of benzene rings is 1. The molecule has 1 unspecified atom stereocenters. The summed E-state index contributed by atoms with van der Waals surface area (Å²) in [7, 11) is -7.61. The van der Waals surface area contributed by atoms with E-state index in [-0.39, 0.29) is 17.4 Å². The van der Waals surface area contributed by atoms with E-state index in [2.05, 4.69) is 0 Å². The molecular formula is C11H18O5P2. The molecule has 0 radical (unpaired) electrons. The summed E-state index contributed by atoms with van der Waals surface area (Å²) < 4.78 is 22.7. The van der Waals surface area contributed by atoms with Crippen LogP contribution in [0.2, 0.25) is 0 Å². The quantitative estimate of drug-likeness (QED) is 0.738. The van der Waals surface area contributed by atoms with E-state index < -0.39 is 15.0 Å². The zero-order chi connectivity index (χ0) is 14.1. The van der Waals surface area contributed by atoms with Gasteiger partial charge in [-0.3, -0.25) is 9.13 Å². The molecule has 1 aromatic carbocycles. The molecule has 0 saturated carbocycles. The second-order valence-electron chi connectivity index (χ2n) is 4.84. The number of rotatable bonds is 4. The Morgan fingerprint density at radius 1 is 1.11 bits per heavy atom. The highest BCUT2D eigenvalue weighted by Crippen LogP contribution is 2.41. The van der Waals surface area contributed by atoms with Gasteiger partial charge in [0.05, 0.1) is 5.30 Å². The van der Waals surface area contributed by atoms with Crippen molar-refractivity contribution in [3.05, 3.63) is 29.3 Å². The van der Waals surface area contributed by atoms with Crippen LogP contribution in [0, 0.1) is 0 Å². The van der Waals surface area contributed by atoms with Gasteiger partial charge in [-0.1, -0.05) is 19.9 Å². The minimum absolute atomic E-state index is 0.0828. The van der Waals surface area contributed by atoms with Crippen molar-refractivity contribution >= 4 is 20.3 Å². The smallest absolute Gasteiger partial charge is 0.344 e. The van der Waals surface area contributed by atoms with Gasteiger partial charge in [0.15, 0.2) is 0 Å². The van der Waals surface area contributed by atoms with E-state index in [9.17, 15) is 23.8 Å². The van der Waals surface area contributed by atoms with Crippen LogP contribution < -0.4 is 5.30 Å². The summed E-state index contributed by atoms with van der Waals surface area (Å²) in [5.41, 5.74) is 1.23. The fourth-order valence-corrected chi connectivity index (χ4v) is 3.14. The molecule has 0 bridgehead atoms. The molecule has 3 N–H and O–H groups in total. The zero-order valence-corrected chi connectivity index (χ0v) is 12.4. The summed E-state index contributed by atoms with van der Waals surface area (Å²) in [6, 6.07) is 4.47. The topological polar surface area (TPSA) is 94.8 Å². The predicted octanol–water partition coefficient (Wildman–Crippen LogP) is 2.01. The Bertz CT molecular complexity index is 526. The van der Waals surface area contributed by atoms with E-state index in [1.807, 2.05) is 13.8 Å². The maximum Gasteiger partial charge on any atom is 0.356 e. The van der Waals surface area contributed by atoms with Gasteiger partial charge in [-0.2, -0.15) is 0 Å². The Morgan fingerprint density at radius 2 is 1.67 bits per heavy atom. The maximum absolute atomic E-state index is 11.4. The standard InChI is InChI=1S/C11H18O5P2/c1-8(2)10-4-9(7-17(3,12)13)5-11(6-10)18(14,15)16/h4-6,8H,7H2,1-3H3,(H,12,13)(H2,14,15,16). The molecule has 0 aliphatic rings. The van der Waals surface area contributed by atoms with E-state index in [0.29, 0.717) is 5.56 Å². The van der Waals surface area contributed by atoms with Gasteiger partial charge < -0.3 is 14.7 Å². The van der Waals surface area contributed by atoms with Crippen molar-refractivity contribution in [3.8, 4) is 0 Å². The first-order valence-electron chi connectivity index (χ1n) is 5.48. The molecule has 0 spiro atoms. The van der Waals surface area contributed by atoms with Crippen molar-refractivity contribution in [2.45, 2.75) is 25.9 Å². The first-order chi connectivity index (χ1) is 7.99. The van der Waals surface area contributed by atoms with E-state index in [0.717, 1.165) is 5.56 Å². The molecule has 18 heavy (non-hydrogen) atoms. The fraction of sp³-hybridized carbons (Fsp3) is 0.455. The van der Waals surface area contributed by atoms with Crippen molar-refractivity contribution in [1.29, 1.82) is 0 Å². The number of hydrogen-bond acceptors (Lipinski definition) is 2. The van der Waals surface area contributed by atoms with Crippen LogP contribution in [0.1, 0.15) is 30.9 Å². The SMILES string of the molecule is CC(C)c1cc(CP(C)(=O)O)cc(P(=O)(O)O)c1. The molecule has 1 rings (SSSR count). The molecule has 0 fully saturated rings. The van der Waals surface area contributed by atoms with Crippen LogP contribution in [0.3, 0.4) is 0 Å². The van der Waals surface area contributed by atoms with Crippen LogP contribution in [0.15, 0.2) is 18.2 Å². The largest absolute Gasteiger partial charge is 0.356 e. The van der Waals surface area contributed by atoms with Gasteiger partial charge in [-0.15, -0.1) is 0 Å². The summed E-state index contributed by atoms with van der Waals surface area (Å²) in [4.78, 5) is 27.8. The lowest BCUT2D eigenvalue weighted by Gasteiger charge is -2.14. The Morgan fingerprint density at radius 3 is 2.06 bits per heavy atom. The van der Waals surface area contributed by atoms with Crippen molar-refractivity contribution < 1.29 is 23.8 Å². The molecule has 7 heteroatoms. The molecule has 0 aliphatic carbocycles. The van der Waals surface area contributed by atoms with Crippen molar-refractivity contribution in [3.63, 3.8) is 0 Å². The first kappa shape index (κ1) is 15.6. The van der Waals surface area contributed by atoms with Crippen LogP contribution >= 0.6 is 15.0 Å². The molecule has 0 aromatic heterocycles. The first-order valence-corrected chi connectivity index (χ1v) is 9.39. The minimum atomic E-state index is -4.35. The van der Waals surface area contributed by atoms with Gasteiger partial charge in [-0.25, -0.2) is 0 Å². The molecule has 1 atom stereocenters.